The van der Waals surface area contributed by atoms with Crippen LogP contribution in [-0.4, -0.2) is 28.1 Å². The number of nitrogens with one attached hydrogen (secondary N) is 1. The minimum absolute atomic E-state index is 0.00923. The van der Waals surface area contributed by atoms with E-state index in [1.165, 1.54) is 0 Å². The summed E-state index contributed by atoms with van der Waals surface area (Å²) in [7, 11) is 1.78. The van der Waals surface area contributed by atoms with Gasteiger partial charge in [-0.25, -0.2) is 0 Å². The van der Waals surface area contributed by atoms with Crippen LogP contribution in [0.4, 0.5) is 11.5 Å². The van der Waals surface area contributed by atoms with Crippen LogP contribution in [0.2, 0.25) is 0 Å². The van der Waals surface area contributed by atoms with Crippen LogP contribution in [-0.2, 0) is 16.6 Å². The molecule has 6 heteroatoms. The van der Waals surface area contributed by atoms with Gasteiger partial charge in [-0.1, -0.05) is 12.1 Å². The summed E-state index contributed by atoms with van der Waals surface area (Å²) in [4.78, 5) is 26.6. The van der Waals surface area contributed by atoms with Crippen molar-refractivity contribution in [2.75, 3.05) is 16.8 Å². The van der Waals surface area contributed by atoms with E-state index >= 15 is 0 Å². The highest BCUT2D eigenvalue weighted by Gasteiger charge is 2.36. The van der Waals surface area contributed by atoms with Gasteiger partial charge >= 0.3 is 0 Å². The van der Waals surface area contributed by atoms with Gasteiger partial charge in [0.15, 0.2) is 0 Å². The highest BCUT2D eigenvalue weighted by Crippen LogP contribution is 2.29. The number of anilines is 2. The normalized spacial score (nSPS) is 17.4. The number of amides is 2. The predicted octanol–water partition coefficient (Wildman–Crippen LogP) is 2.34. The van der Waals surface area contributed by atoms with Crippen LogP contribution in [0.1, 0.15) is 23.2 Å². The third kappa shape index (κ3) is 2.91. The van der Waals surface area contributed by atoms with Gasteiger partial charge in [-0.15, -0.1) is 0 Å². The average molecular weight is 326 g/mol. The van der Waals surface area contributed by atoms with Crippen molar-refractivity contribution in [3.8, 4) is 0 Å². The van der Waals surface area contributed by atoms with E-state index in [1.54, 1.807) is 16.6 Å². The molecule has 1 atom stereocenters. The fourth-order valence-electron chi connectivity index (χ4n) is 3.10. The molecule has 1 aliphatic rings. The van der Waals surface area contributed by atoms with Crippen molar-refractivity contribution in [3.63, 3.8) is 0 Å². The van der Waals surface area contributed by atoms with E-state index in [9.17, 15) is 9.59 Å². The number of nitrogens with zero attached hydrogens (tertiary/aromatic N) is 3. The van der Waals surface area contributed by atoms with Crippen molar-refractivity contribution in [3.05, 3.63) is 41.1 Å². The lowest BCUT2D eigenvalue weighted by atomic mass is 10.1. The van der Waals surface area contributed by atoms with Crippen LogP contribution in [0, 0.1) is 26.7 Å². The molecule has 2 heterocycles. The van der Waals surface area contributed by atoms with Gasteiger partial charge in [0.25, 0.3) is 0 Å². The van der Waals surface area contributed by atoms with Crippen LogP contribution >= 0.6 is 0 Å². The molecule has 2 aromatic rings. The van der Waals surface area contributed by atoms with Crippen LogP contribution in [0.3, 0.4) is 0 Å². The number of aromatic nitrogens is 2. The molecule has 2 amide bonds. The Bertz CT molecular complexity index is 809. The van der Waals surface area contributed by atoms with Gasteiger partial charge in [0.05, 0.1) is 11.6 Å². The fraction of sp³-hybridized carbons (Fsp3) is 0.389. The zero-order valence-corrected chi connectivity index (χ0v) is 14.5. The smallest absolute Gasteiger partial charge is 0.230 e. The first-order valence-electron chi connectivity index (χ1n) is 8.05. The van der Waals surface area contributed by atoms with E-state index < -0.39 is 0 Å². The summed E-state index contributed by atoms with van der Waals surface area (Å²) < 4.78 is 1.63. The lowest BCUT2D eigenvalue weighted by Crippen LogP contribution is -2.29. The first-order valence-corrected chi connectivity index (χ1v) is 8.05. The Labute approximate surface area is 141 Å². The second kappa shape index (κ2) is 6.11. The van der Waals surface area contributed by atoms with Gasteiger partial charge in [-0.2, -0.15) is 5.10 Å². The van der Waals surface area contributed by atoms with Crippen molar-refractivity contribution in [2.45, 2.75) is 27.2 Å². The molecule has 0 aliphatic carbocycles. The molecule has 0 spiro atoms. The van der Waals surface area contributed by atoms with Crippen molar-refractivity contribution in [2.24, 2.45) is 13.0 Å². The van der Waals surface area contributed by atoms with Gasteiger partial charge < -0.3 is 10.2 Å². The Hall–Kier alpha value is -2.63. The molecule has 1 aromatic carbocycles. The quantitative estimate of drug-likeness (QED) is 0.941. The van der Waals surface area contributed by atoms with E-state index in [1.807, 2.05) is 45.0 Å². The lowest BCUT2D eigenvalue weighted by molar-refractivity contribution is -0.122. The predicted molar refractivity (Wildman–Crippen MR) is 93.0 cm³/mol. The zero-order chi connectivity index (χ0) is 17.4. The van der Waals surface area contributed by atoms with Crippen LogP contribution in [0.5, 0.6) is 0 Å². The molecule has 1 fully saturated rings. The van der Waals surface area contributed by atoms with Gasteiger partial charge in [0, 0.05) is 31.8 Å². The number of rotatable bonds is 3. The molecular formula is C18H22N4O2. The van der Waals surface area contributed by atoms with Crippen LogP contribution < -0.4 is 10.2 Å². The van der Waals surface area contributed by atoms with Gasteiger partial charge in [-0.3, -0.25) is 14.3 Å². The summed E-state index contributed by atoms with van der Waals surface area (Å²) in [6.07, 6.45) is 0.232. The Morgan fingerprint density at radius 1 is 1.29 bits per heavy atom. The number of carbonyl (C=O) groups excluding carboxylic acids is 2. The Morgan fingerprint density at radius 3 is 2.71 bits per heavy atom. The maximum absolute atomic E-state index is 12.5. The molecule has 3 rings (SSSR count). The third-order valence-electron chi connectivity index (χ3n) is 4.62. The molecule has 6 nitrogen and oxygen atoms in total. The fourth-order valence-corrected chi connectivity index (χ4v) is 3.10. The summed E-state index contributed by atoms with van der Waals surface area (Å²) in [6, 6.07) is 7.72. The lowest BCUT2D eigenvalue weighted by Gasteiger charge is -2.20. The topological polar surface area (TPSA) is 67.2 Å². The molecular weight excluding hydrogens is 304 g/mol. The molecule has 126 valence electrons. The van der Waals surface area contributed by atoms with Gasteiger partial charge in [-0.05, 0) is 38.0 Å². The summed E-state index contributed by atoms with van der Waals surface area (Å²) in [5.74, 6) is 0.145. The minimum atomic E-state index is -0.354. The van der Waals surface area contributed by atoms with E-state index in [2.05, 4.69) is 10.4 Å². The summed E-state index contributed by atoms with van der Waals surface area (Å²) >= 11 is 0. The molecule has 0 radical (unpaired) electrons. The number of aryl methyl sites for hydroxylation is 3. The van der Waals surface area contributed by atoms with Gasteiger partial charge in [0.2, 0.25) is 11.8 Å². The van der Waals surface area contributed by atoms with Crippen molar-refractivity contribution in [1.29, 1.82) is 0 Å². The number of benzene rings is 1. The Balaban J connectivity index is 1.76. The number of hydrogen-bond acceptors (Lipinski definition) is 3. The average Bonchev–Trinajstić information content (AvgIpc) is 3.05. The third-order valence-corrected chi connectivity index (χ3v) is 4.62. The second-order valence-electron chi connectivity index (χ2n) is 6.41. The SMILES string of the molecule is Cc1cc(NC(=O)[C@@H]2CC(=O)N(c3cccc(C)c3C)C2)n(C)n1. The van der Waals surface area contributed by atoms with E-state index in [0.29, 0.717) is 12.4 Å². The maximum Gasteiger partial charge on any atom is 0.230 e. The minimum Gasteiger partial charge on any atom is -0.311 e. The highest BCUT2D eigenvalue weighted by molar-refractivity contribution is 6.03. The van der Waals surface area contributed by atoms with Gasteiger partial charge in [0.1, 0.15) is 5.82 Å². The second-order valence-corrected chi connectivity index (χ2v) is 6.41. The first kappa shape index (κ1) is 16.2. The molecule has 1 saturated heterocycles. The van der Waals surface area contributed by atoms with Crippen molar-refractivity contribution >= 4 is 23.3 Å². The molecule has 24 heavy (non-hydrogen) atoms. The van der Waals surface area contributed by atoms with Crippen molar-refractivity contribution in [1.82, 2.24) is 9.78 Å². The van der Waals surface area contributed by atoms with E-state index in [-0.39, 0.29) is 24.2 Å². The number of hydrogen-bond donors (Lipinski definition) is 1. The standard InChI is InChI=1S/C18H22N4O2/c1-11-6-5-7-15(13(11)3)22-10-14(9-17(22)23)18(24)19-16-8-12(2)20-21(16)4/h5-8,14H,9-10H2,1-4H3,(H,19,24)/t14-/m1/s1. The van der Waals surface area contributed by atoms with E-state index in [4.69, 9.17) is 0 Å². The number of carbonyl (C=O) groups is 2. The first-order chi connectivity index (χ1) is 11.4. The van der Waals surface area contributed by atoms with Crippen LogP contribution in [0.15, 0.2) is 24.3 Å². The summed E-state index contributed by atoms with van der Waals surface area (Å²) in [5, 5.41) is 7.09. The summed E-state index contributed by atoms with van der Waals surface area (Å²) in [5.41, 5.74) is 3.95. The van der Waals surface area contributed by atoms with Crippen LogP contribution in [0.25, 0.3) is 0 Å². The molecule has 0 unspecified atom stereocenters. The Kier molecular flexibility index (Phi) is 4.13. The highest BCUT2D eigenvalue weighted by atomic mass is 16.2. The molecule has 1 N–H and O–H groups in total. The maximum atomic E-state index is 12.5. The Morgan fingerprint density at radius 2 is 2.04 bits per heavy atom. The monoisotopic (exact) mass is 326 g/mol. The van der Waals surface area contributed by atoms with E-state index in [0.717, 1.165) is 22.5 Å². The zero-order valence-electron chi connectivity index (χ0n) is 14.5. The van der Waals surface area contributed by atoms with Crippen molar-refractivity contribution < 1.29 is 9.59 Å². The largest absolute Gasteiger partial charge is 0.311 e. The summed E-state index contributed by atoms with van der Waals surface area (Å²) in [6.45, 7) is 6.31. The molecule has 1 aromatic heterocycles. The molecule has 1 aliphatic heterocycles. The molecule has 0 bridgehead atoms. The molecule has 0 saturated carbocycles.